The minimum atomic E-state index is -0.942. The standard InChI is InChI=1S/HIN3O3/c5-3-1-2-4(6)7-3/h2H/q-3. The Hall–Kier alpha value is 0.490. The first kappa shape index (κ1) is 5.62. The van der Waals surface area contributed by atoms with Crippen molar-refractivity contribution in [2.75, 3.05) is 0 Å². The van der Waals surface area contributed by atoms with Gasteiger partial charge < -0.3 is 0 Å². The molecule has 0 aromatic heterocycles. The average Bonchev–Trinajstić information content (AvgIpc) is 1.87. The fourth-order valence-corrected chi connectivity index (χ4v) is 0.839. The Balaban J connectivity index is 2.26. The van der Waals surface area contributed by atoms with Crippen molar-refractivity contribution in [1.29, 1.82) is 0 Å². The van der Waals surface area contributed by atoms with Crippen LogP contribution in [-0.4, -0.2) is 8.78 Å². The number of rotatable bonds is 0. The predicted molar refractivity (Wildman–Crippen MR) is 14.6 cm³/mol. The third-order valence-corrected chi connectivity index (χ3v) is 1.49. The molecule has 0 unspecified atom stereocenters. The molecule has 0 amide bonds. The molecule has 0 saturated carbocycles. The zero-order valence-electron chi connectivity index (χ0n) is 3.00. The maximum atomic E-state index is 9.89. The van der Waals surface area contributed by atoms with Gasteiger partial charge in [-0.3, -0.25) is 0 Å². The van der Waals surface area contributed by atoms with Gasteiger partial charge in [0.1, 0.15) is 0 Å². The fourth-order valence-electron chi connectivity index (χ4n) is 0.151. The maximum absolute atomic E-state index is 9.89. The molecular weight excluding hydrogens is 217 g/mol. The number of hydrogen-bond acceptors (Lipinski definition) is 6. The number of nitrogens with zero attached hydrogens (tertiary/aromatic N) is 2. The van der Waals surface area contributed by atoms with Crippen LogP contribution in [0, 0.1) is 10.4 Å². The monoisotopic (exact) mass is 218 g/mol. The minimum absolute atomic E-state index is 0.0419. The van der Waals surface area contributed by atoms with E-state index in [4.69, 9.17) is 0 Å². The van der Waals surface area contributed by atoms with E-state index in [1.807, 2.05) is 0 Å². The summed E-state index contributed by atoms with van der Waals surface area (Å²) in [4.78, 5) is 3.85. The quantitative estimate of drug-likeness (QED) is 0.329. The van der Waals surface area contributed by atoms with Gasteiger partial charge in [0.2, 0.25) is 0 Å². The van der Waals surface area contributed by atoms with Gasteiger partial charge in [-0.25, -0.2) is 0 Å². The third kappa shape index (κ3) is 1.45. The third-order valence-electron chi connectivity index (χ3n) is 0.314. The molecule has 0 atom stereocenters. The van der Waals surface area contributed by atoms with Gasteiger partial charge in [0.05, 0.1) is 0 Å². The Morgan fingerprint density at radius 1 is 1.57 bits per heavy atom. The van der Waals surface area contributed by atoms with Gasteiger partial charge >= 0.3 is 49.5 Å². The molecule has 44 valence electrons. The summed E-state index contributed by atoms with van der Waals surface area (Å²) in [6, 6.07) is 0. The van der Waals surface area contributed by atoms with Crippen molar-refractivity contribution >= 4 is 0 Å². The van der Waals surface area contributed by atoms with E-state index in [0.29, 0.717) is 0 Å². The van der Waals surface area contributed by atoms with Crippen molar-refractivity contribution in [3.63, 3.8) is 0 Å². The summed E-state index contributed by atoms with van der Waals surface area (Å²) < 4.78 is 2.39. The average molecular weight is 218 g/mol. The van der Waals surface area contributed by atoms with Gasteiger partial charge in [0.15, 0.2) is 0 Å². The van der Waals surface area contributed by atoms with Crippen LogP contribution in [0.15, 0.2) is 0 Å². The molecule has 0 bridgehead atoms. The molecule has 0 aromatic carbocycles. The van der Waals surface area contributed by atoms with Crippen LogP contribution in [-0.2, 0) is 4.94 Å². The molecule has 1 fully saturated rings. The van der Waals surface area contributed by atoms with Crippen LogP contribution in [0.5, 0.6) is 0 Å². The SMILES string of the molecule is [O-]N1N[I-]N([O-])O1. The van der Waals surface area contributed by atoms with E-state index in [2.05, 4.69) is 8.58 Å². The zero-order valence-corrected chi connectivity index (χ0v) is 5.15. The molecule has 1 N–H and O–H groups in total. The second-order valence-electron chi connectivity index (χ2n) is 0.720. The number of hydrazine groups is 1. The van der Waals surface area contributed by atoms with Crippen LogP contribution in [0.3, 0.4) is 0 Å². The number of halogens is 1. The molecule has 1 rings (SSSR count). The summed E-state index contributed by atoms with van der Waals surface area (Å²) in [5.74, 6) is 0. The van der Waals surface area contributed by atoms with E-state index in [0.717, 1.165) is 0 Å². The first-order valence-corrected chi connectivity index (χ1v) is 3.36. The molecule has 0 spiro atoms. The molecule has 1 saturated heterocycles. The van der Waals surface area contributed by atoms with Crippen molar-refractivity contribution in [3.05, 3.63) is 10.4 Å². The van der Waals surface area contributed by atoms with Gasteiger partial charge in [-0.15, -0.1) is 0 Å². The molecule has 1 aliphatic heterocycles. The van der Waals surface area contributed by atoms with Crippen molar-refractivity contribution in [2.45, 2.75) is 0 Å². The molecule has 0 aliphatic carbocycles. The second kappa shape index (κ2) is 2.17. The predicted octanol–water partition coefficient (Wildman–Crippen LogP) is -4.13. The summed E-state index contributed by atoms with van der Waals surface area (Å²) in [5, 5.41) is 19.8. The Kier molecular flexibility index (Phi) is 1.74. The van der Waals surface area contributed by atoms with E-state index in [1.54, 1.807) is 0 Å². The Morgan fingerprint density at radius 3 is 2.43 bits per heavy atom. The first-order valence-electron chi connectivity index (χ1n) is 1.31. The van der Waals surface area contributed by atoms with Crippen LogP contribution in [0.25, 0.3) is 0 Å². The molecule has 0 aromatic rings. The van der Waals surface area contributed by atoms with Gasteiger partial charge in [0, 0.05) is 0 Å². The first-order chi connectivity index (χ1) is 3.29. The van der Waals surface area contributed by atoms with Crippen LogP contribution >= 0.6 is 0 Å². The zero-order chi connectivity index (χ0) is 5.28. The molecule has 7 heteroatoms. The van der Waals surface area contributed by atoms with E-state index >= 15 is 0 Å². The van der Waals surface area contributed by atoms with Crippen LogP contribution in [0.1, 0.15) is 0 Å². The summed E-state index contributed by atoms with van der Waals surface area (Å²) in [5.41, 5.74) is 0. The molecule has 7 heavy (non-hydrogen) atoms. The van der Waals surface area contributed by atoms with E-state index < -0.39 is 21.8 Å². The topological polar surface area (TPSA) is 73.9 Å². The van der Waals surface area contributed by atoms with E-state index in [1.165, 1.54) is 0 Å². The summed E-state index contributed by atoms with van der Waals surface area (Å²) in [6.45, 7) is 0. The summed E-state index contributed by atoms with van der Waals surface area (Å²) in [7, 11) is 0. The van der Waals surface area contributed by atoms with E-state index in [9.17, 15) is 10.4 Å². The van der Waals surface area contributed by atoms with Gasteiger partial charge in [-0.2, -0.15) is 0 Å². The molecule has 1 aliphatic rings. The normalized spacial score (nSPS) is 27.7. The van der Waals surface area contributed by atoms with Gasteiger partial charge in [-0.1, -0.05) is 0 Å². The Bertz CT molecular complexity index is 59.2. The van der Waals surface area contributed by atoms with Crippen molar-refractivity contribution in [3.8, 4) is 0 Å². The Labute approximate surface area is 50.0 Å². The fraction of sp³-hybridized carbons (Fsp3) is 0. The molecule has 1 heterocycles. The van der Waals surface area contributed by atoms with Crippen molar-refractivity contribution in [2.24, 2.45) is 0 Å². The second-order valence-corrected chi connectivity index (χ2v) is 2.47. The molecule has 0 radical (unpaired) electrons. The number of nitrogens with one attached hydrogen (secondary N) is 1. The summed E-state index contributed by atoms with van der Waals surface area (Å²) in [6.07, 6.45) is 0. The van der Waals surface area contributed by atoms with E-state index in [-0.39, 0.29) is 8.78 Å². The Morgan fingerprint density at radius 2 is 2.29 bits per heavy atom. The van der Waals surface area contributed by atoms with Crippen LogP contribution in [0.2, 0.25) is 0 Å². The van der Waals surface area contributed by atoms with Gasteiger partial charge in [-0.05, 0) is 0 Å². The molecular formula is HIN3O3-3. The number of hydrogen-bond donors (Lipinski definition) is 1. The van der Waals surface area contributed by atoms with Crippen molar-refractivity contribution < 1.29 is 26.7 Å². The van der Waals surface area contributed by atoms with Crippen LogP contribution < -0.4 is 25.4 Å². The molecule has 6 nitrogen and oxygen atoms in total. The summed E-state index contributed by atoms with van der Waals surface area (Å²) >= 11 is -0.942. The van der Waals surface area contributed by atoms with Crippen LogP contribution in [0.4, 0.5) is 0 Å². The van der Waals surface area contributed by atoms with Gasteiger partial charge in [0.25, 0.3) is 0 Å². The van der Waals surface area contributed by atoms with Crippen molar-refractivity contribution in [1.82, 2.24) is 12.4 Å².